The molecule has 6 nitrogen and oxygen atoms in total. The molecule has 0 spiro atoms. The van der Waals surface area contributed by atoms with Gasteiger partial charge in [0.25, 0.3) is 0 Å². The second kappa shape index (κ2) is 6.37. The molecular formula is C15H17Cl2N3O3. The molecule has 0 atom stereocenters. The third kappa shape index (κ3) is 3.36. The van der Waals surface area contributed by atoms with Crippen LogP contribution in [0.2, 0.25) is 10.0 Å². The second-order valence-electron chi connectivity index (χ2n) is 6.02. The molecule has 1 aromatic carbocycles. The minimum absolute atomic E-state index is 0.0270. The molecule has 1 aromatic heterocycles. The molecule has 0 unspecified atom stereocenters. The molecule has 124 valence electrons. The zero-order valence-corrected chi connectivity index (χ0v) is 14.1. The van der Waals surface area contributed by atoms with E-state index in [0.717, 1.165) is 0 Å². The normalized spacial score (nSPS) is 28.0. The largest absolute Gasteiger partial charge is 0.396 e. The number of aliphatic hydroxyl groups excluding tert-OH is 1. The number of aromatic nitrogens is 3. The number of rotatable bonds is 4. The Kier molecular flexibility index (Phi) is 4.62. The van der Waals surface area contributed by atoms with Crippen molar-refractivity contribution in [3.8, 4) is 0 Å². The SMILES string of the molecule is CC1(CO)COC(Cn2cncn2)(c2ccc(Cl)cc2Cl)OC1. The van der Waals surface area contributed by atoms with E-state index >= 15 is 0 Å². The Balaban J connectivity index is 1.97. The van der Waals surface area contributed by atoms with E-state index in [1.165, 1.54) is 6.33 Å². The lowest BCUT2D eigenvalue weighted by Crippen LogP contribution is -2.50. The summed E-state index contributed by atoms with van der Waals surface area (Å²) in [6.07, 6.45) is 3.02. The van der Waals surface area contributed by atoms with Crippen molar-refractivity contribution in [1.82, 2.24) is 14.8 Å². The van der Waals surface area contributed by atoms with Gasteiger partial charge < -0.3 is 14.6 Å². The Bertz CT molecular complexity index is 671. The summed E-state index contributed by atoms with van der Waals surface area (Å²) < 4.78 is 13.7. The first kappa shape index (κ1) is 16.7. The van der Waals surface area contributed by atoms with Gasteiger partial charge in [-0.25, -0.2) is 9.67 Å². The number of ether oxygens (including phenoxy) is 2. The number of hydrogen-bond acceptors (Lipinski definition) is 5. The summed E-state index contributed by atoms with van der Waals surface area (Å²) in [5.74, 6) is -1.11. The van der Waals surface area contributed by atoms with Crippen LogP contribution in [0.1, 0.15) is 12.5 Å². The fourth-order valence-electron chi connectivity index (χ4n) is 2.41. The van der Waals surface area contributed by atoms with E-state index < -0.39 is 11.2 Å². The molecule has 8 heteroatoms. The molecule has 0 amide bonds. The Hall–Kier alpha value is -1.18. The van der Waals surface area contributed by atoms with E-state index in [1.807, 2.05) is 6.92 Å². The predicted molar refractivity (Wildman–Crippen MR) is 85.3 cm³/mol. The molecule has 0 saturated carbocycles. The van der Waals surface area contributed by atoms with Crippen LogP contribution in [0.4, 0.5) is 0 Å². The lowest BCUT2D eigenvalue weighted by molar-refractivity contribution is -0.321. The third-order valence-electron chi connectivity index (χ3n) is 3.87. The summed E-state index contributed by atoms with van der Waals surface area (Å²) >= 11 is 12.3. The Morgan fingerprint density at radius 3 is 2.61 bits per heavy atom. The van der Waals surface area contributed by atoms with Crippen molar-refractivity contribution in [2.75, 3.05) is 19.8 Å². The van der Waals surface area contributed by atoms with E-state index in [9.17, 15) is 5.11 Å². The lowest BCUT2D eigenvalue weighted by Gasteiger charge is -2.44. The summed E-state index contributed by atoms with van der Waals surface area (Å²) in [6, 6.07) is 5.16. The highest BCUT2D eigenvalue weighted by molar-refractivity contribution is 6.35. The van der Waals surface area contributed by atoms with Gasteiger partial charge in [-0.3, -0.25) is 0 Å². The van der Waals surface area contributed by atoms with E-state index in [0.29, 0.717) is 28.8 Å². The number of aliphatic hydroxyl groups is 1. The van der Waals surface area contributed by atoms with E-state index in [1.54, 1.807) is 29.2 Å². The molecule has 1 aliphatic heterocycles. The molecule has 1 aliphatic rings. The van der Waals surface area contributed by atoms with Gasteiger partial charge in [-0.15, -0.1) is 0 Å². The van der Waals surface area contributed by atoms with Crippen LogP contribution in [0.3, 0.4) is 0 Å². The maximum absolute atomic E-state index is 9.51. The van der Waals surface area contributed by atoms with E-state index in [-0.39, 0.29) is 13.2 Å². The monoisotopic (exact) mass is 357 g/mol. The van der Waals surface area contributed by atoms with Gasteiger partial charge in [-0.05, 0) is 12.1 Å². The summed E-state index contributed by atoms with van der Waals surface area (Å²) in [4.78, 5) is 3.94. The molecule has 0 aliphatic carbocycles. The molecule has 2 aromatic rings. The van der Waals surface area contributed by atoms with Crippen molar-refractivity contribution < 1.29 is 14.6 Å². The van der Waals surface area contributed by atoms with Crippen LogP contribution in [-0.2, 0) is 21.8 Å². The number of halogens is 2. The molecule has 2 heterocycles. The predicted octanol–water partition coefficient (Wildman–Crippen LogP) is 2.48. The standard InChI is InChI=1S/C15H17Cl2N3O3/c1-14(6-21)7-22-15(23-8-14,5-20-10-18-9-19-20)12-3-2-11(16)4-13(12)17/h2-4,9-10,21H,5-8H2,1H3. The maximum atomic E-state index is 9.51. The van der Waals surface area contributed by atoms with Crippen molar-refractivity contribution in [2.45, 2.75) is 19.3 Å². The first-order valence-electron chi connectivity index (χ1n) is 7.13. The first-order chi connectivity index (χ1) is 11.0. The lowest BCUT2D eigenvalue weighted by atomic mass is 9.91. The highest BCUT2D eigenvalue weighted by Crippen LogP contribution is 2.41. The summed E-state index contributed by atoms with van der Waals surface area (Å²) in [5, 5.41) is 14.6. The van der Waals surface area contributed by atoms with Crippen molar-refractivity contribution in [2.24, 2.45) is 5.41 Å². The highest BCUT2D eigenvalue weighted by atomic mass is 35.5. The topological polar surface area (TPSA) is 69.4 Å². The van der Waals surface area contributed by atoms with Crippen LogP contribution in [0.15, 0.2) is 30.9 Å². The van der Waals surface area contributed by atoms with Crippen LogP contribution in [0.5, 0.6) is 0 Å². The Morgan fingerprint density at radius 2 is 2.04 bits per heavy atom. The van der Waals surface area contributed by atoms with E-state index in [2.05, 4.69) is 10.1 Å². The van der Waals surface area contributed by atoms with Gasteiger partial charge in [0, 0.05) is 16.0 Å². The molecule has 1 fully saturated rings. The van der Waals surface area contributed by atoms with Gasteiger partial charge in [-0.2, -0.15) is 5.10 Å². The molecule has 3 rings (SSSR count). The minimum Gasteiger partial charge on any atom is -0.396 e. The second-order valence-corrected chi connectivity index (χ2v) is 6.86. The van der Waals surface area contributed by atoms with Crippen molar-refractivity contribution >= 4 is 23.2 Å². The minimum atomic E-state index is -1.11. The third-order valence-corrected chi connectivity index (χ3v) is 4.42. The van der Waals surface area contributed by atoms with Crippen LogP contribution < -0.4 is 0 Å². The van der Waals surface area contributed by atoms with Crippen LogP contribution in [-0.4, -0.2) is 39.7 Å². The Labute approximate surface area is 143 Å². The zero-order valence-electron chi connectivity index (χ0n) is 12.6. The average Bonchev–Trinajstić information content (AvgIpc) is 3.03. The first-order valence-corrected chi connectivity index (χ1v) is 7.89. The molecular weight excluding hydrogens is 341 g/mol. The maximum Gasteiger partial charge on any atom is 0.216 e. The van der Waals surface area contributed by atoms with Crippen molar-refractivity contribution in [1.29, 1.82) is 0 Å². The number of nitrogens with zero attached hydrogens (tertiary/aromatic N) is 3. The number of benzene rings is 1. The van der Waals surface area contributed by atoms with Crippen LogP contribution >= 0.6 is 23.2 Å². The van der Waals surface area contributed by atoms with Crippen LogP contribution in [0, 0.1) is 5.41 Å². The fraction of sp³-hybridized carbons (Fsp3) is 0.467. The fourth-order valence-corrected chi connectivity index (χ4v) is 2.97. The quantitative estimate of drug-likeness (QED) is 0.910. The zero-order chi connectivity index (χ0) is 16.5. The van der Waals surface area contributed by atoms with Crippen molar-refractivity contribution in [3.05, 3.63) is 46.5 Å². The van der Waals surface area contributed by atoms with Gasteiger partial charge in [0.05, 0.1) is 24.8 Å². The summed E-state index contributed by atoms with van der Waals surface area (Å²) in [7, 11) is 0. The Morgan fingerprint density at radius 1 is 1.30 bits per heavy atom. The highest BCUT2D eigenvalue weighted by Gasteiger charge is 2.45. The number of hydrogen-bond donors (Lipinski definition) is 1. The smallest absolute Gasteiger partial charge is 0.216 e. The molecule has 1 N–H and O–H groups in total. The molecule has 1 saturated heterocycles. The molecule has 0 bridgehead atoms. The van der Waals surface area contributed by atoms with Gasteiger partial charge >= 0.3 is 0 Å². The average molecular weight is 358 g/mol. The summed E-state index contributed by atoms with van der Waals surface area (Å²) in [5.41, 5.74) is 0.212. The van der Waals surface area contributed by atoms with Gasteiger partial charge in [0.2, 0.25) is 5.79 Å². The van der Waals surface area contributed by atoms with Gasteiger partial charge in [0.15, 0.2) is 0 Å². The van der Waals surface area contributed by atoms with Crippen LogP contribution in [0.25, 0.3) is 0 Å². The molecule has 0 radical (unpaired) electrons. The summed E-state index contributed by atoms with van der Waals surface area (Å²) in [6.45, 7) is 2.82. The van der Waals surface area contributed by atoms with E-state index in [4.69, 9.17) is 32.7 Å². The van der Waals surface area contributed by atoms with Gasteiger partial charge in [0.1, 0.15) is 19.2 Å². The molecule has 23 heavy (non-hydrogen) atoms. The van der Waals surface area contributed by atoms with Gasteiger partial charge in [-0.1, -0.05) is 36.2 Å². The van der Waals surface area contributed by atoms with Crippen molar-refractivity contribution in [3.63, 3.8) is 0 Å².